The summed E-state index contributed by atoms with van der Waals surface area (Å²) in [6, 6.07) is 12.5. The molecule has 0 heterocycles. The maximum atomic E-state index is 12.5. The topological polar surface area (TPSA) is 59.3 Å². The standard InChI is InChI=1S/C19H19NO3/c1-12-5-7-16(9-13(12)2)19(21)14(3)23-17-8-6-15(11-20)10-18(17)22-4/h5-10,14H,1-4H3. The van der Waals surface area contributed by atoms with Gasteiger partial charge >= 0.3 is 0 Å². The molecule has 2 rings (SSSR count). The minimum Gasteiger partial charge on any atom is -0.493 e. The first-order valence-electron chi connectivity index (χ1n) is 7.32. The highest BCUT2D eigenvalue weighted by atomic mass is 16.5. The molecule has 2 aromatic rings. The van der Waals surface area contributed by atoms with Crippen molar-refractivity contribution in [2.75, 3.05) is 7.11 Å². The molecular weight excluding hydrogens is 290 g/mol. The van der Waals surface area contributed by atoms with Gasteiger partial charge in [0.1, 0.15) is 0 Å². The van der Waals surface area contributed by atoms with E-state index in [4.69, 9.17) is 14.7 Å². The average Bonchev–Trinajstić information content (AvgIpc) is 2.56. The van der Waals surface area contributed by atoms with Gasteiger partial charge in [-0.25, -0.2) is 0 Å². The van der Waals surface area contributed by atoms with Gasteiger partial charge in [-0.3, -0.25) is 4.79 Å². The Hall–Kier alpha value is -2.80. The molecule has 0 bridgehead atoms. The zero-order chi connectivity index (χ0) is 17.0. The van der Waals surface area contributed by atoms with Crippen LogP contribution in [0.4, 0.5) is 0 Å². The highest BCUT2D eigenvalue weighted by Crippen LogP contribution is 2.29. The number of rotatable bonds is 5. The van der Waals surface area contributed by atoms with Gasteiger partial charge < -0.3 is 9.47 Å². The SMILES string of the molecule is COc1cc(C#N)ccc1OC(C)C(=O)c1ccc(C)c(C)c1. The van der Waals surface area contributed by atoms with Crippen molar-refractivity contribution >= 4 is 5.78 Å². The summed E-state index contributed by atoms with van der Waals surface area (Å²) in [5.74, 6) is 0.777. The number of carbonyl (C=O) groups is 1. The highest BCUT2D eigenvalue weighted by molar-refractivity contribution is 5.99. The van der Waals surface area contributed by atoms with Gasteiger partial charge in [0, 0.05) is 11.6 Å². The summed E-state index contributed by atoms with van der Waals surface area (Å²) in [5.41, 5.74) is 3.30. The number of methoxy groups -OCH3 is 1. The van der Waals surface area contributed by atoms with Crippen LogP contribution in [-0.2, 0) is 0 Å². The van der Waals surface area contributed by atoms with Crippen LogP contribution in [-0.4, -0.2) is 19.0 Å². The van der Waals surface area contributed by atoms with Crippen molar-refractivity contribution in [3.63, 3.8) is 0 Å². The summed E-state index contributed by atoms with van der Waals surface area (Å²) < 4.78 is 11.0. The van der Waals surface area contributed by atoms with Crippen LogP contribution in [0.5, 0.6) is 11.5 Å². The lowest BCUT2D eigenvalue weighted by Crippen LogP contribution is -2.24. The number of benzene rings is 2. The van der Waals surface area contributed by atoms with Gasteiger partial charge in [0.25, 0.3) is 0 Å². The van der Waals surface area contributed by atoms with Crippen LogP contribution in [0.1, 0.15) is 34.0 Å². The normalized spacial score (nSPS) is 11.4. The highest BCUT2D eigenvalue weighted by Gasteiger charge is 2.19. The largest absolute Gasteiger partial charge is 0.493 e. The Morgan fingerprint density at radius 3 is 2.43 bits per heavy atom. The monoisotopic (exact) mass is 309 g/mol. The molecule has 0 aliphatic heterocycles. The fraction of sp³-hybridized carbons (Fsp3) is 0.263. The molecule has 2 aromatic carbocycles. The first-order chi connectivity index (χ1) is 11.0. The fourth-order valence-electron chi connectivity index (χ4n) is 2.21. The smallest absolute Gasteiger partial charge is 0.203 e. The number of ether oxygens (including phenoxy) is 2. The maximum Gasteiger partial charge on any atom is 0.203 e. The Kier molecular flexibility index (Phi) is 5.02. The molecule has 0 N–H and O–H groups in total. The first kappa shape index (κ1) is 16.6. The summed E-state index contributed by atoms with van der Waals surface area (Å²) in [4.78, 5) is 12.5. The van der Waals surface area contributed by atoms with Crippen molar-refractivity contribution in [1.29, 1.82) is 5.26 Å². The van der Waals surface area contributed by atoms with E-state index in [0.717, 1.165) is 11.1 Å². The predicted molar refractivity (Wildman–Crippen MR) is 88.0 cm³/mol. The summed E-state index contributed by atoms with van der Waals surface area (Å²) in [5, 5.41) is 8.92. The zero-order valence-electron chi connectivity index (χ0n) is 13.7. The summed E-state index contributed by atoms with van der Waals surface area (Å²) in [6.07, 6.45) is -0.654. The molecule has 0 aliphatic carbocycles. The third kappa shape index (κ3) is 3.70. The lowest BCUT2D eigenvalue weighted by Gasteiger charge is -2.16. The van der Waals surface area contributed by atoms with Crippen LogP contribution < -0.4 is 9.47 Å². The summed E-state index contributed by atoms with van der Waals surface area (Å²) in [6.45, 7) is 5.68. The number of nitriles is 1. The van der Waals surface area contributed by atoms with Gasteiger partial charge in [-0.15, -0.1) is 0 Å². The van der Waals surface area contributed by atoms with Crippen LogP contribution in [0.2, 0.25) is 0 Å². The van der Waals surface area contributed by atoms with E-state index in [1.54, 1.807) is 31.2 Å². The number of Topliss-reactive ketones (excluding diaryl/α,β-unsaturated/α-hetero) is 1. The molecule has 118 valence electrons. The van der Waals surface area contributed by atoms with Crippen LogP contribution in [0.25, 0.3) is 0 Å². The molecule has 1 unspecified atom stereocenters. The zero-order valence-corrected chi connectivity index (χ0v) is 13.7. The minimum atomic E-state index is -0.654. The van der Waals surface area contributed by atoms with Crippen molar-refractivity contribution in [2.45, 2.75) is 26.9 Å². The number of carbonyl (C=O) groups excluding carboxylic acids is 1. The van der Waals surface area contributed by atoms with Gasteiger partial charge in [-0.2, -0.15) is 5.26 Å². The molecule has 0 aromatic heterocycles. The Bertz CT molecular complexity index is 775. The molecule has 4 nitrogen and oxygen atoms in total. The van der Waals surface area contributed by atoms with Crippen molar-refractivity contribution < 1.29 is 14.3 Å². The lowest BCUT2D eigenvalue weighted by molar-refractivity contribution is 0.0814. The number of nitrogens with zero attached hydrogens (tertiary/aromatic N) is 1. The van der Waals surface area contributed by atoms with E-state index in [1.165, 1.54) is 7.11 Å². The molecule has 0 saturated heterocycles. The van der Waals surface area contributed by atoms with Crippen molar-refractivity contribution in [1.82, 2.24) is 0 Å². The molecule has 0 spiro atoms. The second kappa shape index (κ2) is 6.97. The van der Waals surface area contributed by atoms with Crippen LogP contribution >= 0.6 is 0 Å². The third-order valence-electron chi connectivity index (χ3n) is 3.76. The molecule has 0 aliphatic rings. The molecule has 0 radical (unpaired) electrons. The van der Waals surface area contributed by atoms with E-state index in [2.05, 4.69) is 0 Å². The molecular formula is C19H19NO3. The number of aryl methyl sites for hydroxylation is 2. The maximum absolute atomic E-state index is 12.5. The number of ketones is 1. The van der Waals surface area contributed by atoms with E-state index >= 15 is 0 Å². The summed E-state index contributed by atoms with van der Waals surface area (Å²) >= 11 is 0. The molecule has 4 heteroatoms. The quantitative estimate of drug-likeness (QED) is 0.787. The molecule has 0 amide bonds. The molecule has 1 atom stereocenters. The Balaban J connectivity index is 2.21. The van der Waals surface area contributed by atoms with Crippen LogP contribution in [0.15, 0.2) is 36.4 Å². The van der Waals surface area contributed by atoms with Crippen molar-refractivity contribution in [3.05, 3.63) is 58.7 Å². The minimum absolute atomic E-state index is 0.0977. The van der Waals surface area contributed by atoms with E-state index in [9.17, 15) is 4.79 Å². The predicted octanol–water partition coefficient (Wildman–Crippen LogP) is 3.83. The third-order valence-corrected chi connectivity index (χ3v) is 3.76. The first-order valence-corrected chi connectivity index (χ1v) is 7.32. The van der Waals surface area contributed by atoms with Crippen LogP contribution in [0, 0.1) is 25.2 Å². The van der Waals surface area contributed by atoms with Crippen LogP contribution in [0.3, 0.4) is 0 Å². The van der Waals surface area contributed by atoms with Gasteiger partial charge in [-0.05, 0) is 50.1 Å². The second-order valence-electron chi connectivity index (χ2n) is 5.40. The number of hydrogen-bond acceptors (Lipinski definition) is 4. The van der Waals surface area contributed by atoms with E-state index in [1.807, 2.05) is 32.0 Å². The molecule has 0 fully saturated rings. The van der Waals surface area contributed by atoms with Gasteiger partial charge in [0.2, 0.25) is 5.78 Å². The molecule has 23 heavy (non-hydrogen) atoms. The Labute approximate surface area is 136 Å². The lowest BCUT2D eigenvalue weighted by atomic mass is 10.0. The van der Waals surface area contributed by atoms with E-state index in [-0.39, 0.29) is 5.78 Å². The average molecular weight is 309 g/mol. The van der Waals surface area contributed by atoms with Crippen molar-refractivity contribution in [3.8, 4) is 17.6 Å². The van der Waals surface area contributed by atoms with Crippen molar-refractivity contribution in [2.24, 2.45) is 0 Å². The fourth-order valence-corrected chi connectivity index (χ4v) is 2.21. The number of hydrogen-bond donors (Lipinski definition) is 0. The van der Waals surface area contributed by atoms with E-state index < -0.39 is 6.10 Å². The van der Waals surface area contributed by atoms with E-state index in [0.29, 0.717) is 22.6 Å². The summed E-state index contributed by atoms with van der Waals surface area (Å²) in [7, 11) is 1.50. The Morgan fingerprint density at radius 1 is 1.09 bits per heavy atom. The Morgan fingerprint density at radius 2 is 1.83 bits per heavy atom. The second-order valence-corrected chi connectivity index (χ2v) is 5.40. The molecule has 0 saturated carbocycles. The van der Waals surface area contributed by atoms with Gasteiger partial charge in [-0.1, -0.05) is 12.1 Å². The van der Waals surface area contributed by atoms with Gasteiger partial charge in [0.15, 0.2) is 17.6 Å². The van der Waals surface area contributed by atoms with Gasteiger partial charge in [0.05, 0.1) is 18.7 Å².